The molecule has 0 saturated carbocycles. The first-order chi connectivity index (χ1) is 10.1. The number of nitrogens with one attached hydrogen (secondary N) is 1. The Balaban J connectivity index is 2.19. The summed E-state index contributed by atoms with van der Waals surface area (Å²) in [4.78, 5) is 8.34. The number of hydrogen-bond acceptors (Lipinski definition) is 5. The maximum Gasteiger partial charge on any atom is 0.118 e. The number of thiazole rings is 1. The highest BCUT2D eigenvalue weighted by Gasteiger charge is 2.13. The summed E-state index contributed by atoms with van der Waals surface area (Å²) in [5, 5.41) is 4.29. The fourth-order valence-electron chi connectivity index (χ4n) is 2.18. The Morgan fingerprint density at radius 2 is 2.00 bits per heavy atom. The molecule has 2 rings (SSSR count). The minimum Gasteiger partial charge on any atom is -0.497 e. The number of benzene rings is 1. The molecule has 0 bridgehead atoms. The number of aryl methyl sites for hydroxylation is 1. The molecule has 0 atom stereocenters. The van der Waals surface area contributed by atoms with E-state index in [4.69, 9.17) is 9.72 Å². The van der Waals surface area contributed by atoms with E-state index in [-0.39, 0.29) is 0 Å². The van der Waals surface area contributed by atoms with Crippen molar-refractivity contribution < 1.29 is 4.74 Å². The third-order valence-electron chi connectivity index (χ3n) is 3.32. The summed E-state index contributed by atoms with van der Waals surface area (Å²) in [6.07, 6.45) is 0. The maximum atomic E-state index is 5.22. The van der Waals surface area contributed by atoms with Crippen molar-refractivity contribution in [2.75, 3.05) is 34.3 Å². The molecule has 114 valence electrons. The van der Waals surface area contributed by atoms with Gasteiger partial charge in [0.2, 0.25) is 0 Å². The molecule has 0 aliphatic heterocycles. The van der Waals surface area contributed by atoms with Crippen LogP contribution in [0.1, 0.15) is 9.88 Å². The highest BCUT2D eigenvalue weighted by Crippen LogP contribution is 2.30. The van der Waals surface area contributed by atoms with Crippen LogP contribution < -0.4 is 10.1 Å². The van der Waals surface area contributed by atoms with E-state index in [2.05, 4.69) is 36.3 Å². The molecule has 5 heteroatoms. The molecule has 1 N–H and O–H groups in total. The molecule has 0 amide bonds. The first kappa shape index (κ1) is 15.9. The lowest BCUT2D eigenvalue weighted by Crippen LogP contribution is -2.26. The maximum absolute atomic E-state index is 5.22. The van der Waals surface area contributed by atoms with Crippen LogP contribution in [0.5, 0.6) is 5.75 Å². The number of likely N-dealkylation sites (N-methyl/N-ethyl adjacent to an activating group) is 2. The van der Waals surface area contributed by atoms with Crippen LogP contribution in [-0.2, 0) is 6.54 Å². The minimum atomic E-state index is 0.874. The van der Waals surface area contributed by atoms with Crippen LogP contribution >= 0.6 is 11.3 Å². The molecule has 0 aliphatic rings. The second kappa shape index (κ2) is 7.54. The average Bonchev–Trinajstić information content (AvgIpc) is 2.85. The molecule has 2 aromatic rings. The summed E-state index contributed by atoms with van der Waals surface area (Å²) in [7, 11) is 5.81. The van der Waals surface area contributed by atoms with Crippen LogP contribution in [0.4, 0.5) is 0 Å². The Bertz CT molecular complexity index is 565. The van der Waals surface area contributed by atoms with Crippen LogP contribution in [0.25, 0.3) is 11.3 Å². The van der Waals surface area contributed by atoms with Gasteiger partial charge in [-0.2, -0.15) is 0 Å². The zero-order valence-electron chi connectivity index (χ0n) is 13.1. The van der Waals surface area contributed by atoms with Gasteiger partial charge in [-0.1, -0.05) is 0 Å². The number of aromatic nitrogens is 1. The Morgan fingerprint density at radius 3 is 2.62 bits per heavy atom. The first-order valence-electron chi connectivity index (χ1n) is 7.08. The largest absolute Gasteiger partial charge is 0.497 e. The molecule has 0 unspecified atom stereocenters. The predicted molar refractivity (Wildman–Crippen MR) is 89.1 cm³/mol. The van der Waals surface area contributed by atoms with Gasteiger partial charge in [-0.3, -0.25) is 4.90 Å². The van der Waals surface area contributed by atoms with Crippen molar-refractivity contribution in [3.05, 3.63) is 34.2 Å². The van der Waals surface area contributed by atoms with E-state index in [0.717, 1.165) is 41.6 Å². The lowest BCUT2D eigenvalue weighted by atomic mass is 10.1. The van der Waals surface area contributed by atoms with Gasteiger partial charge in [0.05, 0.1) is 17.8 Å². The van der Waals surface area contributed by atoms with E-state index in [1.807, 2.05) is 19.2 Å². The van der Waals surface area contributed by atoms with Crippen LogP contribution in [0.2, 0.25) is 0 Å². The van der Waals surface area contributed by atoms with Crippen molar-refractivity contribution >= 4 is 11.3 Å². The third kappa shape index (κ3) is 4.27. The molecule has 0 fully saturated rings. The average molecular weight is 305 g/mol. The number of ether oxygens (including phenoxy) is 1. The molecule has 0 radical (unpaired) electrons. The van der Waals surface area contributed by atoms with Gasteiger partial charge in [0.1, 0.15) is 5.75 Å². The monoisotopic (exact) mass is 305 g/mol. The molecule has 0 spiro atoms. The third-order valence-corrected chi connectivity index (χ3v) is 4.28. The highest BCUT2D eigenvalue weighted by molar-refractivity contribution is 7.12. The highest BCUT2D eigenvalue weighted by atomic mass is 32.1. The van der Waals surface area contributed by atoms with Gasteiger partial charge in [-0.05, 0) is 45.3 Å². The van der Waals surface area contributed by atoms with Crippen molar-refractivity contribution in [1.29, 1.82) is 0 Å². The fraction of sp³-hybridized carbons (Fsp3) is 0.438. The quantitative estimate of drug-likeness (QED) is 0.853. The van der Waals surface area contributed by atoms with Crippen molar-refractivity contribution in [3.8, 4) is 17.0 Å². The van der Waals surface area contributed by atoms with Gasteiger partial charge in [0, 0.05) is 30.1 Å². The van der Waals surface area contributed by atoms with E-state index in [1.54, 1.807) is 18.4 Å². The minimum absolute atomic E-state index is 0.874. The summed E-state index contributed by atoms with van der Waals surface area (Å²) in [6, 6.07) is 8.12. The number of rotatable bonds is 7. The molecule has 0 aliphatic carbocycles. The lowest BCUT2D eigenvalue weighted by Gasteiger charge is -2.16. The summed E-state index contributed by atoms with van der Waals surface area (Å²) < 4.78 is 5.22. The van der Waals surface area contributed by atoms with Gasteiger partial charge in [-0.15, -0.1) is 11.3 Å². The topological polar surface area (TPSA) is 37.4 Å². The molecule has 4 nitrogen and oxygen atoms in total. The van der Waals surface area contributed by atoms with Gasteiger partial charge in [-0.25, -0.2) is 4.98 Å². The van der Waals surface area contributed by atoms with Crippen LogP contribution in [0.15, 0.2) is 24.3 Å². The number of hydrogen-bond donors (Lipinski definition) is 1. The number of nitrogens with zero attached hydrogens (tertiary/aromatic N) is 2. The normalized spacial score (nSPS) is 11.1. The van der Waals surface area contributed by atoms with Gasteiger partial charge in [0.15, 0.2) is 0 Å². The van der Waals surface area contributed by atoms with Gasteiger partial charge >= 0.3 is 0 Å². The Hall–Kier alpha value is -1.43. The van der Waals surface area contributed by atoms with Gasteiger partial charge < -0.3 is 10.1 Å². The van der Waals surface area contributed by atoms with Gasteiger partial charge in [0.25, 0.3) is 0 Å². The van der Waals surface area contributed by atoms with Crippen molar-refractivity contribution in [2.45, 2.75) is 13.5 Å². The Kier molecular flexibility index (Phi) is 5.73. The lowest BCUT2D eigenvalue weighted by molar-refractivity contribution is 0.331. The van der Waals surface area contributed by atoms with Crippen LogP contribution in [-0.4, -0.2) is 44.2 Å². The van der Waals surface area contributed by atoms with E-state index in [0.29, 0.717) is 0 Å². The smallest absolute Gasteiger partial charge is 0.118 e. The van der Waals surface area contributed by atoms with Crippen molar-refractivity contribution in [2.24, 2.45) is 0 Å². The molecule has 21 heavy (non-hydrogen) atoms. The zero-order chi connectivity index (χ0) is 15.2. The standard InChI is InChI=1S/C16H23N3OS/c1-12-18-16(13-5-7-14(20-4)8-6-13)15(21-12)11-19(3)10-9-17-2/h5-8,17H,9-11H2,1-4H3. The number of methoxy groups -OCH3 is 1. The van der Waals surface area contributed by atoms with E-state index in [9.17, 15) is 0 Å². The summed E-state index contributed by atoms with van der Waals surface area (Å²) in [5.74, 6) is 0.874. The summed E-state index contributed by atoms with van der Waals surface area (Å²) in [5.41, 5.74) is 2.24. The molecule has 1 heterocycles. The summed E-state index contributed by atoms with van der Waals surface area (Å²) >= 11 is 1.78. The van der Waals surface area contributed by atoms with E-state index >= 15 is 0 Å². The molecular weight excluding hydrogens is 282 g/mol. The predicted octanol–water partition coefficient (Wildman–Crippen LogP) is 2.78. The first-order valence-corrected chi connectivity index (χ1v) is 7.89. The van der Waals surface area contributed by atoms with Crippen molar-refractivity contribution in [1.82, 2.24) is 15.2 Å². The molecular formula is C16H23N3OS. The zero-order valence-corrected chi connectivity index (χ0v) is 14.0. The summed E-state index contributed by atoms with van der Waals surface area (Å²) in [6.45, 7) is 5.00. The second-order valence-electron chi connectivity index (χ2n) is 5.07. The SMILES string of the molecule is CNCCN(C)Cc1sc(C)nc1-c1ccc(OC)cc1. The Morgan fingerprint density at radius 1 is 1.29 bits per heavy atom. The molecule has 0 saturated heterocycles. The van der Waals surface area contributed by atoms with Crippen LogP contribution in [0.3, 0.4) is 0 Å². The van der Waals surface area contributed by atoms with Crippen LogP contribution in [0, 0.1) is 6.92 Å². The fourth-order valence-corrected chi connectivity index (χ4v) is 3.22. The van der Waals surface area contributed by atoms with Crippen molar-refractivity contribution in [3.63, 3.8) is 0 Å². The molecule has 1 aromatic heterocycles. The van der Waals surface area contributed by atoms with E-state index < -0.39 is 0 Å². The Labute approximate surface area is 130 Å². The van der Waals surface area contributed by atoms with E-state index in [1.165, 1.54) is 4.88 Å². The molecule has 1 aromatic carbocycles. The second-order valence-corrected chi connectivity index (χ2v) is 6.36.